The van der Waals surface area contributed by atoms with E-state index in [0.29, 0.717) is 27.5 Å². The number of benzene rings is 3. The summed E-state index contributed by atoms with van der Waals surface area (Å²) in [5.74, 6) is -1.02. The Kier molecular flexibility index (Phi) is 5.84. The Morgan fingerprint density at radius 1 is 0.852 bits per heavy atom. The Morgan fingerprint density at radius 2 is 1.52 bits per heavy atom. The van der Waals surface area contributed by atoms with Crippen molar-refractivity contribution in [3.05, 3.63) is 94.8 Å². The van der Waals surface area contributed by atoms with Gasteiger partial charge in [0.2, 0.25) is 5.91 Å². The van der Waals surface area contributed by atoms with Gasteiger partial charge in [-0.1, -0.05) is 35.9 Å². The van der Waals surface area contributed by atoms with E-state index in [1.807, 2.05) is 0 Å². The molecule has 0 spiro atoms. The van der Waals surface area contributed by atoms with E-state index in [2.05, 4.69) is 10.6 Å². The van der Waals surface area contributed by atoms with E-state index >= 15 is 0 Å². The van der Waals surface area contributed by atoms with Gasteiger partial charge in [-0.25, -0.2) is 4.39 Å². The monoisotopic (exact) mass is 382 g/mol. The highest BCUT2D eigenvalue weighted by molar-refractivity contribution is 6.30. The standard InChI is InChI=1S/C21H16ClFN2O2/c22-16-10-8-15(9-11-16)21(27)25-19-7-2-1-6-18(19)24-20(26)13-14-4-3-5-17(23)12-14/h1-12H,13H2,(H,24,26)(H,25,27). The number of nitrogens with one attached hydrogen (secondary N) is 2. The molecule has 0 bridgehead atoms. The number of halogens is 2. The van der Waals surface area contributed by atoms with Crippen LogP contribution in [-0.2, 0) is 11.2 Å². The van der Waals surface area contributed by atoms with Crippen LogP contribution in [0.4, 0.5) is 15.8 Å². The second kappa shape index (κ2) is 8.47. The lowest BCUT2D eigenvalue weighted by atomic mass is 10.1. The average Bonchev–Trinajstić information content (AvgIpc) is 2.64. The summed E-state index contributed by atoms with van der Waals surface area (Å²) in [5.41, 5.74) is 1.93. The summed E-state index contributed by atoms with van der Waals surface area (Å²) in [6.07, 6.45) is 0.0250. The van der Waals surface area contributed by atoms with Gasteiger partial charge in [-0.3, -0.25) is 9.59 Å². The molecule has 2 amide bonds. The van der Waals surface area contributed by atoms with Gasteiger partial charge in [0.05, 0.1) is 17.8 Å². The maximum absolute atomic E-state index is 13.3. The molecular formula is C21H16ClFN2O2. The lowest BCUT2D eigenvalue weighted by Gasteiger charge is -2.12. The molecule has 0 saturated carbocycles. The van der Waals surface area contributed by atoms with Crippen LogP contribution in [-0.4, -0.2) is 11.8 Å². The summed E-state index contributed by atoms with van der Waals surface area (Å²) in [7, 11) is 0. The predicted molar refractivity (Wildman–Crippen MR) is 105 cm³/mol. The summed E-state index contributed by atoms with van der Waals surface area (Å²) >= 11 is 5.83. The highest BCUT2D eigenvalue weighted by Crippen LogP contribution is 2.22. The zero-order valence-electron chi connectivity index (χ0n) is 14.2. The maximum atomic E-state index is 13.3. The molecule has 0 aliphatic rings. The number of amides is 2. The van der Waals surface area contributed by atoms with Gasteiger partial charge >= 0.3 is 0 Å². The van der Waals surface area contributed by atoms with Crippen LogP contribution in [0.5, 0.6) is 0 Å². The molecule has 4 nitrogen and oxygen atoms in total. The van der Waals surface area contributed by atoms with Crippen LogP contribution in [0, 0.1) is 5.82 Å². The van der Waals surface area contributed by atoms with E-state index < -0.39 is 5.82 Å². The molecule has 0 radical (unpaired) electrons. The summed E-state index contributed by atoms with van der Waals surface area (Å²) in [6.45, 7) is 0. The SMILES string of the molecule is O=C(Cc1cccc(F)c1)Nc1ccccc1NC(=O)c1ccc(Cl)cc1. The molecule has 0 atom stereocenters. The third kappa shape index (κ3) is 5.15. The fourth-order valence-electron chi connectivity index (χ4n) is 2.52. The van der Waals surface area contributed by atoms with Crippen molar-refractivity contribution in [2.24, 2.45) is 0 Å². The van der Waals surface area contributed by atoms with Crippen molar-refractivity contribution in [1.29, 1.82) is 0 Å². The first-order valence-corrected chi connectivity index (χ1v) is 8.59. The van der Waals surface area contributed by atoms with Crippen molar-refractivity contribution < 1.29 is 14.0 Å². The molecule has 0 aliphatic heterocycles. The third-order valence-corrected chi connectivity index (χ3v) is 4.06. The van der Waals surface area contributed by atoms with Crippen LogP contribution in [0.2, 0.25) is 5.02 Å². The first kappa shape index (κ1) is 18.6. The van der Waals surface area contributed by atoms with Gasteiger partial charge < -0.3 is 10.6 Å². The molecule has 0 heterocycles. The minimum Gasteiger partial charge on any atom is -0.324 e. The molecular weight excluding hydrogens is 367 g/mol. The van der Waals surface area contributed by atoms with E-state index in [4.69, 9.17) is 11.6 Å². The Morgan fingerprint density at radius 3 is 2.19 bits per heavy atom. The third-order valence-electron chi connectivity index (χ3n) is 3.81. The van der Waals surface area contributed by atoms with Crippen LogP contribution < -0.4 is 10.6 Å². The molecule has 27 heavy (non-hydrogen) atoms. The van der Waals surface area contributed by atoms with E-state index in [1.54, 1.807) is 60.7 Å². The van der Waals surface area contributed by atoms with Crippen LogP contribution in [0.1, 0.15) is 15.9 Å². The molecule has 0 aliphatic carbocycles. The predicted octanol–water partition coefficient (Wildman–Crippen LogP) is 4.91. The first-order valence-electron chi connectivity index (χ1n) is 8.21. The van der Waals surface area contributed by atoms with Crippen molar-refractivity contribution in [2.75, 3.05) is 10.6 Å². The molecule has 0 unspecified atom stereocenters. The second-order valence-corrected chi connectivity index (χ2v) is 6.30. The van der Waals surface area contributed by atoms with E-state index in [0.717, 1.165) is 0 Å². The Labute approximate surface area is 161 Å². The lowest BCUT2D eigenvalue weighted by Crippen LogP contribution is -2.18. The molecule has 3 rings (SSSR count). The van der Waals surface area contributed by atoms with Gasteiger partial charge in [0.25, 0.3) is 5.91 Å². The Balaban J connectivity index is 1.70. The number of para-hydroxylation sites is 2. The molecule has 3 aromatic carbocycles. The fraction of sp³-hybridized carbons (Fsp3) is 0.0476. The minimum atomic E-state index is -0.393. The molecule has 136 valence electrons. The van der Waals surface area contributed by atoms with Gasteiger partial charge in [-0.05, 0) is 54.1 Å². The molecule has 2 N–H and O–H groups in total. The summed E-state index contributed by atoms with van der Waals surface area (Å²) in [4.78, 5) is 24.7. The number of anilines is 2. The van der Waals surface area contributed by atoms with Crippen molar-refractivity contribution >= 4 is 34.8 Å². The van der Waals surface area contributed by atoms with Gasteiger partial charge in [-0.2, -0.15) is 0 Å². The smallest absolute Gasteiger partial charge is 0.255 e. The normalized spacial score (nSPS) is 10.3. The summed E-state index contributed by atoms with van der Waals surface area (Å²) in [6, 6.07) is 19.2. The number of hydrogen-bond acceptors (Lipinski definition) is 2. The van der Waals surface area contributed by atoms with Crippen molar-refractivity contribution in [3.8, 4) is 0 Å². The van der Waals surface area contributed by atoms with Crippen molar-refractivity contribution in [1.82, 2.24) is 0 Å². The van der Waals surface area contributed by atoms with E-state index in [9.17, 15) is 14.0 Å². The largest absolute Gasteiger partial charge is 0.324 e. The van der Waals surface area contributed by atoms with Crippen molar-refractivity contribution in [2.45, 2.75) is 6.42 Å². The molecule has 0 fully saturated rings. The van der Waals surface area contributed by atoms with Gasteiger partial charge in [0.1, 0.15) is 5.82 Å². The summed E-state index contributed by atoms with van der Waals surface area (Å²) in [5, 5.41) is 6.05. The summed E-state index contributed by atoms with van der Waals surface area (Å²) < 4.78 is 13.3. The van der Waals surface area contributed by atoms with Crippen LogP contribution >= 0.6 is 11.6 Å². The van der Waals surface area contributed by atoms with Crippen LogP contribution in [0.3, 0.4) is 0 Å². The van der Waals surface area contributed by atoms with Gasteiger partial charge in [0.15, 0.2) is 0 Å². The molecule has 6 heteroatoms. The second-order valence-electron chi connectivity index (χ2n) is 5.86. The Bertz CT molecular complexity index is 974. The zero-order chi connectivity index (χ0) is 19.2. The Hall–Kier alpha value is -3.18. The number of carbonyl (C=O) groups is 2. The van der Waals surface area contributed by atoms with Crippen LogP contribution in [0.15, 0.2) is 72.8 Å². The number of carbonyl (C=O) groups excluding carboxylic acids is 2. The topological polar surface area (TPSA) is 58.2 Å². The highest BCUT2D eigenvalue weighted by Gasteiger charge is 2.11. The van der Waals surface area contributed by atoms with Crippen LogP contribution in [0.25, 0.3) is 0 Å². The van der Waals surface area contributed by atoms with E-state index in [1.165, 1.54) is 12.1 Å². The zero-order valence-corrected chi connectivity index (χ0v) is 15.0. The van der Waals surface area contributed by atoms with E-state index in [-0.39, 0.29) is 18.2 Å². The quantitative estimate of drug-likeness (QED) is 0.658. The highest BCUT2D eigenvalue weighted by atomic mass is 35.5. The molecule has 3 aromatic rings. The number of hydrogen-bond donors (Lipinski definition) is 2. The average molecular weight is 383 g/mol. The lowest BCUT2D eigenvalue weighted by molar-refractivity contribution is -0.115. The number of rotatable bonds is 5. The van der Waals surface area contributed by atoms with Crippen molar-refractivity contribution in [3.63, 3.8) is 0 Å². The molecule has 0 aromatic heterocycles. The fourth-order valence-corrected chi connectivity index (χ4v) is 2.65. The molecule has 0 saturated heterocycles. The maximum Gasteiger partial charge on any atom is 0.255 e. The van der Waals surface area contributed by atoms with Gasteiger partial charge in [0, 0.05) is 10.6 Å². The van der Waals surface area contributed by atoms with Gasteiger partial charge in [-0.15, -0.1) is 0 Å². The minimum absolute atomic E-state index is 0.0250. The first-order chi connectivity index (χ1) is 13.0.